The maximum absolute atomic E-state index is 12.0. The molecule has 0 amide bonds. The zero-order chi connectivity index (χ0) is 13.0. The predicted molar refractivity (Wildman–Crippen MR) is 71.9 cm³/mol. The summed E-state index contributed by atoms with van der Waals surface area (Å²) in [7, 11) is 0. The van der Waals surface area contributed by atoms with Gasteiger partial charge < -0.3 is 10.1 Å². The molecule has 0 radical (unpaired) electrons. The van der Waals surface area contributed by atoms with E-state index in [1.165, 1.54) is 11.1 Å². The van der Waals surface area contributed by atoms with Gasteiger partial charge in [0.25, 0.3) is 0 Å². The molecule has 0 saturated carbocycles. The van der Waals surface area contributed by atoms with Gasteiger partial charge in [-0.05, 0) is 30.5 Å². The fourth-order valence-electron chi connectivity index (χ4n) is 2.22. The standard InChI is InChI=1S/C15H21NO2/c1-11-3-4-13(7-12(11)2)8-14(17)9-15-10-16-5-6-18-15/h3-4,7,15-16H,5-6,8-10H2,1-2H3. The van der Waals surface area contributed by atoms with Gasteiger partial charge in [0, 0.05) is 25.9 Å². The number of aryl methyl sites for hydroxylation is 2. The molecule has 1 aliphatic rings. The number of carbonyl (C=O) groups is 1. The molecule has 1 heterocycles. The van der Waals surface area contributed by atoms with Crippen LogP contribution in [0.2, 0.25) is 0 Å². The van der Waals surface area contributed by atoms with E-state index in [0.29, 0.717) is 19.4 Å². The number of nitrogens with one attached hydrogen (secondary N) is 1. The van der Waals surface area contributed by atoms with Gasteiger partial charge in [-0.25, -0.2) is 0 Å². The van der Waals surface area contributed by atoms with Gasteiger partial charge in [-0.15, -0.1) is 0 Å². The molecule has 3 heteroatoms. The van der Waals surface area contributed by atoms with Crippen molar-refractivity contribution in [2.75, 3.05) is 19.7 Å². The number of ketones is 1. The van der Waals surface area contributed by atoms with Crippen molar-refractivity contribution in [3.8, 4) is 0 Å². The van der Waals surface area contributed by atoms with E-state index in [-0.39, 0.29) is 11.9 Å². The minimum atomic E-state index is 0.0535. The van der Waals surface area contributed by atoms with Crippen LogP contribution in [-0.4, -0.2) is 31.6 Å². The third kappa shape index (κ3) is 3.65. The summed E-state index contributed by atoms with van der Waals surface area (Å²) in [4.78, 5) is 12.0. The molecule has 18 heavy (non-hydrogen) atoms. The summed E-state index contributed by atoms with van der Waals surface area (Å²) in [5.74, 6) is 0.256. The lowest BCUT2D eigenvalue weighted by molar-refractivity contribution is -0.121. The zero-order valence-corrected chi connectivity index (χ0v) is 11.2. The number of rotatable bonds is 4. The third-order valence-corrected chi connectivity index (χ3v) is 3.43. The number of benzene rings is 1. The molecule has 0 aromatic heterocycles. The molecule has 1 unspecified atom stereocenters. The fraction of sp³-hybridized carbons (Fsp3) is 0.533. The minimum Gasteiger partial charge on any atom is -0.375 e. The Balaban J connectivity index is 1.88. The Labute approximate surface area is 109 Å². The molecule has 0 bridgehead atoms. The van der Waals surface area contributed by atoms with Crippen LogP contribution < -0.4 is 5.32 Å². The van der Waals surface area contributed by atoms with Crippen LogP contribution in [0.3, 0.4) is 0 Å². The van der Waals surface area contributed by atoms with Gasteiger partial charge in [0.15, 0.2) is 0 Å². The Morgan fingerprint density at radius 1 is 1.39 bits per heavy atom. The summed E-state index contributed by atoms with van der Waals surface area (Å²) in [5.41, 5.74) is 3.62. The summed E-state index contributed by atoms with van der Waals surface area (Å²) in [5, 5.41) is 3.24. The molecule has 1 aliphatic heterocycles. The smallest absolute Gasteiger partial charge is 0.139 e. The SMILES string of the molecule is Cc1ccc(CC(=O)CC2CNCCO2)cc1C. The van der Waals surface area contributed by atoms with E-state index < -0.39 is 0 Å². The van der Waals surface area contributed by atoms with Gasteiger partial charge in [0.1, 0.15) is 5.78 Å². The van der Waals surface area contributed by atoms with E-state index in [1.54, 1.807) is 0 Å². The monoisotopic (exact) mass is 247 g/mol. The van der Waals surface area contributed by atoms with Crippen molar-refractivity contribution in [3.63, 3.8) is 0 Å². The molecular formula is C15H21NO2. The van der Waals surface area contributed by atoms with Crippen molar-refractivity contribution in [2.45, 2.75) is 32.8 Å². The number of morpholine rings is 1. The van der Waals surface area contributed by atoms with Gasteiger partial charge in [0.2, 0.25) is 0 Å². The number of hydrogen-bond donors (Lipinski definition) is 1. The molecule has 2 rings (SSSR count). The fourth-order valence-corrected chi connectivity index (χ4v) is 2.22. The molecule has 0 aliphatic carbocycles. The van der Waals surface area contributed by atoms with Crippen LogP contribution in [0.5, 0.6) is 0 Å². The van der Waals surface area contributed by atoms with Gasteiger partial charge in [-0.1, -0.05) is 18.2 Å². The number of hydrogen-bond acceptors (Lipinski definition) is 3. The molecule has 1 saturated heterocycles. The van der Waals surface area contributed by atoms with Crippen molar-refractivity contribution < 1.29 is 9.53 Å². The third-order valence-electron chi connectivity index (χ3n) is 3.43. The summed E-state index contributed by atoms with van der Waals surface area (Å²) in [6, 6.07) is 6.23. The van der Waals surface area contributed by atoms with Crippen LogP contribution >= 0.6 is 0 Å². The Kier molecular flexibility index (Phi) is 4.50. The van der Waals surface area contributed by atoms with Gasteiger partial charge in [0.05, 0.1) is 12.7 Å². The van der Waals surface area contributed by atoms with E-state index >= 15 is 0 Å². The van der Waals surface area contributed by atoms with Crippen molar-refractivity contribution >= 4 is 5.78 Å². The summed E-state index contributed by atoms with van der Waals surface area (Å²) >= 11 is 0. The van der Waals surface area contributed by atoms with Crippen LogP contribution in [-0.2, 0) is 16.0 Å². The molecule has 1 aromatic carbocycles. The second-order valence-corrected chi connectivity index (χ2v) is 5.04. The maximum Gasteiger partial charge on any atom is 0.139 e. The average Bonchev–Trinajstić information content (AvgIpc) is 2.35. The first kappa shape index (κ1) is 13.2. The van der Waals surface area contributed by atoms with Crippen molar-refractivity contribution in [1.82, 2.24) is 5.32 Å². The molecular weight excluding hydrogens is 226 g/mol. The Morgan fingerprint density at radius 3 is 2.89 bits per heavy atom. The van der Waals surface area contributed by atoms with Crippen LogP contribution in [0.1, 0.15) is 23.1 Å². The van der Waals surface area contributed by atoms with E-state index in [4.69, 9.17) is 4.74 Å². The molecule has 1 aromatic rings. The van der Waals surface area contributed by atoms with Crippen LogP contribution in [0.15, 0.2) is 18.2 Å². The minimum absolute atomic E-state index is 0.0535. The van der Waals surface area contributed by atoms with Crippen molar-refractivity contribution in [2.24, 2.45) is 0 Å². The van der Waals surface area contributed by atoms with Crippen molar-refractivity contribution in [1.29, 1.82) is 0 Å². The van der Waals surface area contributed by atoms with Gasteiger partial charge in [-0.3, -0.25) is 4.79 Å². The number of carbonyl (C=O) groups excluding carboxylic acids is 1. The molecule has 0 spiro atoms. The largest absolute Gasteiger partial charge is 0.375 e. The van der Waals surface area contributed by atoms with E-state index in [1.807, 2.05) is 6.07 Å². The van der Waals surface area contributed by atoms with Crippen LogP contribution in [0.25, 0.3) is 0 Å². The van der Waals surface area contributed by atoms with Gasteiger partial charge in [-0.2, -0.15) is 0 Å². The molecule has 3 nitrogen and oxygen atoms in total. The molecule has 1 atom stereocenters. The topological polar surface area (TPSA) is 38.3 Å². The number of Topliss-reactive ketones (excluding diaryl/α,β-unsaturated/α-hetero) is 1. The average molecular weight is 247 g/mol. The second-order valence-electron chi connectivity index (χ2n) is 5.04. The first-order chi connectivity index (χ1) is 8.65. The van der Waals surface area contributed by atoms with E-state index in [9.17, 15) is 4.79 Å². The summed E-state index contributed by atoms with van der Waals surface area (Å²) < 4.78 is 5.55. The Hall–Kier alpha value is -1.19. The lowest BCUT2D eigenvalue weighted by Crippen LogP contribution is -2.39. The first-order valence-corrected chi connectivity index (χ1v) is 6.55. The lowest BCUT2D eigenvalue weighted by atomic mass is 10.0. The lowest BCUT2D eigenvalue weighted by Gasteiger charge is -2.22. The van der Waals surface area contributed by atoms with Gasteiger partial charge >= 0.3 is 0 Å². The highest BCUT2D eigenvalue weighted by molar-refractivity contribution is 5.81. The maximum atomic E-state index is 12.0. The molecule has 1 N–H and O–H groups in total. The first-order valence-electron chi connectivity index (χ1n) is 6.55. The highest BCUT2D eigenvalue weighted by atomic mass is 16.5. The highest BCUT2D eigenvalue weighted by Crippen LogP contribution is 2.12. The highest BCUT2D eigenvalue weighted by Gasteiger charge is 2.17. The van der Waals surface area contributed by atoms with E-state index in [0.717, 1.165) is 18.7 Å². The number of ether oxygens (including phenoxy) is 1. The van der Waals surface area contributed by atoms with E-state index in [2.05, 4.69) is 31.3 Å². The Morgan fingerprint density at radius 2 is 2.22 bits per heavy atom. The molecule has 1 fully saturated rings. The zero-order valence-electron chi connectivity index (χ0n) is 11.2. The van der Waals surface area contributed by atoms with Crippen molar-refractivity contribution in [3.05, 3.63) is 34.9 Å². The van der Waals surface area contributed by atoms with Crippen LogP contribution in [0.4, 0.5) is 0 Å². The Bertz CT molecular complexity index is 423. The molecule has 98 valence electrons. The quantitative estimate of drug-likeness (QED) is 0.881. The van der Waals surface area contributed by atoms with Crippen LogP contribution in [0, 0.1) is 13.8 Å². The normalized spacial score (nSPS) is 19.8. The summed E-state index contributed by atoms with van der Waals surface area (Å²) in [6.07, 6.45) is 1.08. The summed E-state index contributed by atoms with van der Waals surface area (Å²) in [6.45, 7) is 6.56. The second kappa shape index (κ2) is 6.12. The predicted octanol–water partition coefficient (Wildman–Crippen LogP) is 1.79.